The number of nitrogen functional groups attached to an aromatic ring is 3. The highest BCUT2D eigenvalue weighted by Crippen LogP contribution is 2.30. The third-order valence-corrected chi connectivity index (χ3v) is 18.0. The van der Waals surface area contributed by atoms with E-state index >= 15 is 0 Å². The van der Waals surface area contributed by atoms with Crippen molar-refractivity contribution in [2.24, 2.45) is 15.6 Å². The summed E-state index contributed by atoms with van der Waals surface area (Å²) in [6.07, 6.45) is 12.1. The van der Waals surface area contributed by atoms with Gasteiger partial charge in [-0.3, -0.25) is 0 Å². The normalized spacial score (nSPS) is 10.4. The summed E-state index contributed by atoms with van der Waals surface area (Å²) >= 11 is 16.7. The second kappa shape index (κ2) is 48.0. The van der Waals surface area contributed by atoms with Gasteiger partial charge in [0.25, 0.3) is 0 Å². The smallest absolute Gasteiger partial charge is 0.423 e. The van der Waals surface area contributed by atoms with E-state index in [-0.39, 0.29) is 10.6 Å². The van der Waals surface area contributed by atoms with Gasteiger partial charge in [0.2, 0.25) is 10.6 Å². The van der Waals surface area contributed by atoms with Crippen LogP contribution in [-0.2, 0) is 26.2 Å². The second-order valence-electron chi connectivity index (χ2n) is 28.5. The Morgan fingerprint density at radius 3 is 1.13 bits per heavy atom. The highest BCUT2D eigenvalue weighted by atomic mass is 35.5. The summed E-state index contributed by atoms with van der Waals surface area (Å²) in [5.41, 5.74) is 58.8. The van der Waals surface area contributed by atoms with Crippen LogP contribution < -0.4 is 44.3 Å². The molecule has 11 aromatic rings. The van der Waals surface area contributed by atoms with E-state index in [9.17, 15) is 0 Å². The van der Waals surface area contributed by atoms with Crippen LogP contribution in [-0.4, -0.2) is 73.3 Å². The molecule has 0 aliphatic rings. The van der Waals surface area contributed by atoms with Gasteiger partial charge in [-0.05, 0) is 165 Å². The number of rotatable bonds is 18. The number of nitrogens with two attached hydrogens (primary N) is 4. The van der Waals surface area contributed by atoms with Gasteiger partial charge in [0, 0.05) is 112 Å². The minimum atomic E-state index is -1.45. The predicted octanol–water partition coefficient (Wildman–Crippen LogP) is 20.5. The van der Waals surface area contributed by atoms with Crippen molar-refractivity contribution in [1.29, 1.82) is 0 Å². The van der Waals surface area contributed by atoms with Gasteiger partial charge in [0.1, 0.15) is 38.9 Å². The van der Waals surface area contributed by atoms with E-state index in [2.05, 4.69) is 149 Å². The Morgan fingerprint density at radius 1 is 0.473 bits per heavy atom. The van der Waals surface area contributed by atoms with Crippen molar-refractivity contribution in [3.63, 3.8) is 0 Å². The zero-order chi connectivity index (χ0) is 83.1. The van der Waals surface area contributed by atoms with E-state index in [1.165, 1.54) is 11.1 Å². The fraction of sp³-hybridized carbons (Fsp3) is 0.277. The third-order valence-electron chi connectivity index (χ3n) is 15.7. The van der Waals surface area contributed by atoms with Crippen LogP contribution in [0.1, 0.15) is 120 Å². The Kier molecular flexibility index (Phi) is 40.1. The van der Waals surface area contributed by atoms with Gasteiger partial charge in [0.05, 0.1) is 0 Å². The molecular weight excluding hydrogens is 1500 g/mol. The molecule has 0 saturated heterocycles. The number of terminal acetylenes is 1. The van der Waals surface area contributed by atoms with E-state index in [1.807, 2.05) is 189 Å². The molecule has 0 radical (unpaired) electrons. The second-order valence-corrected chi connectivity index (χ2v) is 38.8. The fourth-order valence-electron chi connectivity index (χ4n) is 9.53. The zero-order valence-electron chi connectivity index (χ0n) is 66.8. The van der Waals surface area contributed by atoms with Gasteiger partial charge in [-0.15, -0.1) is 16.7 Å². The lowest BCUT2D eigenvalue weighted by Crippen LogP contribution is -2.33. The Morgan fingerprint density at radius 2 is 0.812 bits per heavy atom. The Hall–Kier alpha value is -10.9. The SMILES string of the molecule is C#C[Si](C)(C)C.CC(C)c1ccccc1B(O)O.C[Si](C)(C)N=[N+]=[N-].Cc1cnc(-c2ccccc2C(C)C)nc1NCc1ccc(N)cc1.Cc1cnc(-c2ccccc2C(C)C)nc1NCc1ccc(N=[N+]=[N-])cc1.Cc1cnc(Cl)nc1Cl.Cc1cnc(Cl)nc1NCc1ccc(N)cc1.NCc1ccc(N)cc1. The van der Waals surface area contributed by atoms with Crippen LogP contribution >= 0.6 is 34.8 Å². The van der Waals surface area contributed by atoms with Gasteiger partial charge in [-0.2, -0.15) is 0 Å². The highest BCUT2D eigenvalue weighted by Gasteiger charge is 2.18. The predicted molar refractivity (Wildman–Crippen MR) is 474 cm³/mol. The van der Waals surface area contributed by atoms with E-state index in [4.69, 9.17) is 95.2 Å². The van der Waals surface area contributed by atoms with E-state index in [0.29, 0.717) is 60.2 Å². The number of benzene rings is 7. The van der Waals surface area contributed by atoms with E-state index in [1.54, 1.807) is 36.7 Å². The monoisotopic (exact) mass is 1600 g/mol. The fourth-order valence-corrected chi connectivity index (χ4v) is 10.2. The quantitative estimate of drug-likeness (QED) is 0.00563. The van der Waals surface area contributed by atoms with Crippen LogP contribution in [0.4, 0.5) is 40.2 Å². The molecule has 23 nitrogen and oxygen atoms in total. The molecule has 13 N–H and O–H groups in total. The van der Waals surface area contributed by atoms with Crippen LogP contribution in [0.2, 0.25) is 55.0 Å². The van der Waals surface area contributed by atoms with Crippen LogP contribution in [0, 0.1) is 39.7 Å². The molecule has 4 heterocycles. The van der Waals surface area contributed by atoms with Gasteiger partial charge in [-0.25, -0.2) is 39.9 Å². The van der Waals surface area contributed by atoms with E-state index < -0.39 is 23.4 Å². The third kappa shape index (κ3) is 35.0. The molecular formula is C83H105BCl3N21O2Si2. The van der Waals surface area contributed by atoms with Crippen molar-refractivity contribution in [3.8, 4) is 34.7 Å². The number of halogens is 3. The van der Waals surface area contributed by atoms with Crippen LogP contribution in [0.25, 0.3) is 43.7 Å². The molecule has 11 rings (SSSR count). The Balaban J connectivity index is 0.000000285. The molecule has 112 heavy (non-hydrogen) atoms. The van der Waals surface area contributed by atoms with E-state index in [0.717, 1.165) is 107 Å². The first kappa shape index (κ1) is 93.5. The number of hydrogen-bond donors (Lipinski definition) is 9. The van der Waals surface area contributed by atoms with Crippen LogP contribution in [0.3, 0.4) is 0 Å². The highest BCUT2D eigenvalue weighted by molar-refractivity contribution is 6.83. The number of aryl methyl sites for hydroxylation is 4. The minimum Gasteiger partial charge on any atom is -0.423 e. The maximum atomic E-state index is 9.01. The van der Waals surface area contributed by atoms with Crippen molar-refractivity contribution in [2.75, 3.05) is 33.2 Å². The molecule has 0 aliphatic heterocycles. The largest absolute Gasteiger partial charge is 0.488 e. The van der Waals surface area contributed by atoms with Crippen molar-refractivity contribution >= 4 is 104 Å². The molecule has 586 valence electrons. The standard InChI is InChI=1S/C21H22N6.C21H24N4.C12H13ClN4.C9H13BO2.C7H10N2.C5H4Cl2N2.C5H10Si.C3H9N3Si/c1-14(2)18-6-4-5-7-19(18)21-23-12-15(3)20(25-21)24-13-16-8-10-17(11-9-16)26-27-22;1-14(2)18-6-4-5-7-19(18)21-23-12-15(3)20(25-21)24-13-16-8-10-17(22)11-9-16;1-8-6-16-12(13)17-11(8)15-7-9-2-4-10(14)5-3-9;1-7(2)8-5-3-4-6-9(8)10(11)12;8-5-6-1-3-7(9)4-2-6;1-3-2-8-5(7)9-4(3)6;1-5-6(2,3)4;1-7(2,3)6-5-4/h4-12,14H,13H2,1-3H3,(H,23,24,25);4-12,14H,13,22H2,1-3H3,(H,23,24,25);2-6H,7,14H2,1H3,(H,15,16,17);3-7,11-12H,1-2H3;1-4H,5,8-9H2;2H,1H3;1H,2-4H3;1-3H3. The maximum absolute atomic E-state index is 9.01. The van der Waals surface area contributed by atoms with Gasteiger partial charge < -0.3 is 48.9 Å². The lowest BCUT2D eigenvalue weighted by Gasteiger charge is -2.14. The molecule has 0 unspecified atom stereocenters. The number of aromatic nitrogens is 8. The first-order chi connectivity index (χ1) is 53.0. The molecule has 0 atom stereocenters. The number of hydrogen-bond acceptors (Lipinski definition) is 19. The van der Waals surface area contributed by atoms with Crippen molar-refractivity contribution < 1.29 is 10.0 Å². The molecule has 0 spiro atoms. The number of nitrogens with one attached hydrogen (secondary N) is 3. The summed E-state index contributed by atoms with van der Waals surface area (Å²) in [4.78, 5) is 39.5. The lowest BCUT2D eigenvalue weighted by atomic mass is 9.74. The summed E-state index contributed by atoms with van der Waals surface area (Å²) in [7, 11) is -3.91. The van der Waals surface area contributed by atoms with Crippen LogP contribution in [0.15, 0.2) is 205 Å². The lowest BCUT2D eigenvalue weighted by molar-refractivity contribution is 0.425. The molecule has 0 aliphatic carbocycles. The van der Waals surface area contributed by atoms with Gasteiger partial charge in [0.15, 0.2) is 11.6 Å². The Bertz CT molecular complexity index is 4820. The molecule has 0 saturated carbocycles. The topological polar surface area (TPSA) is 381 Å². The number of azide groups is 2. The van der Waals surface area contributed by atoms with Crippen molar-refractivity contribution in [1.82, 2.24) is 39.9 Å². The van der Waals surface area contributed by atoms with Gasteiger partial charge >= 0.3 is 7.12 Å². The molecule has 0 amide bonds. The molecule has 7 aromatic carbocycles. The number of anilines is 6. The van der Waals surface area contributed by atoms with Gasteiger partial charge in [-0.1, -0.05) is 231 Å². The number of nitrogens with zero attached hydrogens (tertiary/aromatic N) is 14. The summed E-state index contributed by atoms with van der Waals surface area (Å²) in [6.45, 7) is 35.5. The van der Waals surface area contributed by atoms with Crippen molar-refractivity contribution in [3.05, 3.63) is 292 Å². The first-order valence-electron chi connectivity index (χ1n) is 36.1. The minimum absolute atomic E-state index is 0.186. The van der Waals surface area contributed by atoms with Crippen molar-refractivity contribution in [2.45, 2.75) is 152 Å². The molecule has 0 fully saturated rings. The molecule has 29 heteroatoms. The van der Waals surface area contributed by atoms with Crippen LogP contribution in [0.5, 0.6) is 0 Å². The maximum Gasteiger partial charge on any atom is 0.488 e. The Labute approximate surface area is 677 Å². The average molecular weight is 1600 g/mol. The first-order valence-corrected chi connectivity index (χ1v) is 44.2. The summed E-state index contributed by atoms with van der Waals surface area (Å²) in [5, 5.41) is 32.5. The summed E-state index contributed by atoms with van der Waals surface area (Å²) in [5.74, 6) is 5.06. The zero-order valence-corrected chi connectivity index (χ0v) is 71.1. The molecule has 0 bridgehead atoms. The molecule has 4 aromatic heterocycles. The average Bonchev–Trinajstić information content (AvgIpc) is 0.821. The summed E-state index contributed by atoms with van der Waals surface area (Å²) < 4.78 is 3.58. The summed E-state index contributed by atoms with van der Waals surface area (Å²) in [6, 6.07) is 54.5.